The van der Waals surface area contributed by atoms with Crippen LogP contribution in [0.25, 0.3) is 12.2 Å². The first-order chi connectivity index (χ1) is 13.0. The zero-order valence-electron chi connectivity index (χ0n) is 18.5. The summed E-state index contributed by atoms with van der Waals surface area (Å²) in [6, 6.07) is 12.8. The summed E-state index contributed by atoms with van der Waals surface area (Å²) in [6.07, 6.45) is 6.20. The first kappa shape index (κ1) is 21.9. The van der Waals surface area contributed by atoms with Crippen LogP contribution in [0.5, 0.6) is 0 Å². The highest BCUT2D eigenvalue weighted by Crippen LogP contribution is 2.35. The molecule has 28 heavy (non-hydrogen) atoms. The minimum atomic E-state index is 0.00628. The maximum Gasteiger partial charge on any atom is 0.150 e. The van der Waals surface area contributed by atoms with Gasteiger partial charge >= 0.3 is 0 Å². The average Bonchev–Trinajstić information content (AvgIpc) is 2.65. The van der Waals surface area contributed by atoms with Crippen LogP contribution in [0.3, 0.4) is 0 Å². The minimum Gasteiger partial charge on any atom is -0.298 e. The second-order valence-electron chi connectivity index (χ2n) is 9.13. The normalized spacial score (nSPS) is 14.1. The first-order valence-corrected chi connectivity index (χ1v) is 10.1. The third-order valence-corrected chi connectivity index (χ3v) is 5.99. The lowest BCUT2D eigenvalue weighted by Gasteiger charge is -2.30. The van der Waals surface area contributed by atoms with Crippen molar-refractivity contribution in [3.8, 4) is 0 Å². The quantitative estimate of drug-likeness (QED) is 0.290. The molecule has 2 rings (SSSR count). The van der Waals surface area contributed by atoms with E-state index in [2.05, 4.69) is 91.5 Å². The van der Waals surface area contributed by atoms with Gasteiger partial charge < -0.3 is 0 Å². The number of benzene rings is 2. The van der Waals surface area contributed by atoms with Gasteiger partial charge in [0, 0.05) is 11.0 Å². The molecule has 1 unspecified atom stereocenters. The van der Waals surface area contributed by atoms with E-state index in [1.54, 1.807) is 0 Å². The minimum absolute atomic E-state index is 0.00628. The highest BCUT2D eigenvalue weighted by atomic mass is 16.1. The molecule has 0 amide bonds. The Morgan fingerprint density at radius 2 is 1.61 bits per heavy atom. The maximum atomic E-state index is 11.3. The van der Waals surface area contributed by atoms with Gasteiger partial charge in [0.05, 0.1) is 0 Å². The molecule has 0 aliphatic rings. The van der Waals surface area contributed by atoms with Gasteiger partial charge in [-0.15, -0.1) is 0 Å². The van der Waals surface area contributed by atoms with Crippen LogP contribution in [0, 0.1) is 6.92 Å². The molecule has 0 radical (unpaired) electrons. The fourth-order valence-corrected chi connectivity index (χ4v) is 3.42. The van der Waals surface area contributed by atoms with Crippen molar-refractivity contribution in [2.24, 2.45) is 0 Å². The number of allylic oxidation sites excluding steroid dienone is 1. The van der Waals surface area contributed by atoms with Crippen molar-refractivity contribution in [3.05, 3.63) is 81.9 Å². The Hall–Kier alpha value is -2.41. The summed E-state index contributed by atoms with van der Waals surface area (Å²) in [7, 11) is 0. The maximum absolute atomic E-state index is 11.3. The van der Waals surface area contributed by atoms with Crippen molar-refractivity contribution in [3.63, 3.8) is 0 Å². The summed E-state index contributed by atoms with van der Waals surface area (Å²) >= 11 is 0. The molecule has 0 spiro atoms. The summed E-state index contributed by atoms with van der Waals surface area (Å²) in [5.41, 5.74) is 7.91. The van der Waals surface area contributed by atoms with Crippen molar-refractivity contribution in [2.75, 3.05) is 0 Å². The van der Waals surface area contributed by atoms with Gasteiger partial charge in [0.15, 0.2) is 0 Å². The molecule has 0 bridgehead atoms. The second-order valence-corrected chi connectivity index (χ2v) is 9.13. The summed E-state index contributed by atoms with van der Waals surface area (Å²) in [4.78, 5) is 11.3. The molecule has 0 aromatic heterocycles. The van der Waals surface area contributed by atoms with Crippen molar-refractivity contribution in [1.82, 2.24) is 0 Å². The molecule has 0 heterocycles. The average molecular weight is 375 g/mol. The van der Waals surface area contributed by atoms with Crippen LogP contribution in [0.1, 0.15) is 86.1 Å². The van der Waals surface area contributed by atoms with Gasteiger partial charge in [0.25, 0.3) is 0 Å². The molecule has 1 heteroatoms. The van der Waals surface area contributed by atoms with Crippen LogP contribution in [0.2, 0.25) is 0 Å². The number of carbonyl (C=O) groups excluding carboxylic acids is 1. The van der Waals surface area contributed by atoms with E-state index in [1.165, 1.54) is 27.8 Å². The Bertz CT molecular complexity index is 908. The van der Waals surface area contributed by atoms with E-state index < -0.39 is 0 Å². The molecule has 0 saturated heterocycles. The fraction of sp³-hybridized carbons (Fsp3) is 0.370. The van der Waals surface area contributed by atoms with Crippen LogP contribution in [0.15, 0.2) is 48.6 Å². The predicted molar refractivity (Wildman–Crippen MR) is 123 cm³/mol. The summed E-state index contributed by atoms with van der Waals surface area (Å²) in [5.74, 6) is 0. The fourth-order valence-electron chi connectivity index (χ4n) is 3.42. The molecule has 0 fully saturated rings. The van der Waals surface area contributed by atoms with Crippen LogP contribution in [0.4, 0.5) is 0 Å². The van der Waals surface area contributed by atoms with E-state index in [0.717, 1.165) is 23.8 Å². The van der Waals surface area contributed by atoms with Crippen molar-refractivity contribution in [2.45, 2.75) is 65.7 Å². The van der Waals surface area contributed by atoms with Gasteiger partial charge in [-0.2, -0.15) is 0 Å². The van der Waals surface area contributed by atoms with Gasteiger partial charge in [0.2, 0.25) is 0 Å². The smallest absolute Gasteiger partial charge is 0.150 e. The number of hydrogen-bond acceptors (Lipinski definition) is 1. The molecule has 0 N–H and O–H groups in total. The van der Waals surface area contributed by atoms with Gasteiger partial charge in [0.1, 0.15) is 6.29 Å². The molecule has 0 saturated carbocycles. The topological polar surface area (TPSA) is 17.1 Å². The zero-order chi connectivity index (χ0) is 21.1. The van der Waals surface area contributed by atoms with E-state index in [0.29, 0.717) is 0 Å². The predicted octanol–water partition coefficient (Wildman–Crippen LogP) is 7.52. The van der Waals surface area contributed by atoms with Crippen LogP contribution in [-0.2, 0) is 10.8 Å². The molecule has 1 atom stereocenters. The van der Waals surface area contributed by atoms with E-state index >= 15 is 0 Å². The molecular formula is C27H34O. The van der Waals surface area contributed by atoms with Gasteiger partial charge in [-0.25, -0.2) is 0 Å². The lowest BCUT2D eigenvalue weighted by atomic mass is 9.74. The number of aldehydes is 1. The van der Waals surface area contributed by atoms with E-state index in [-0.39, 0.29) is 10.8 Å². The van der Waals surface area contributed by atoms with Gasteiger partial charge in [-0.3, -0.25) is 4.79 Å². The summed E-state index contributed by atoms with van der Waals surface area (Å²) < 4.78 is 0. The van der Waals surface area contributed by atoms with Crippen molar-refractivity contribution >= 4 is 18.4 Å². The highest BCUT2D eigenvalue weighted by molar-refractivity contribution is 5.79. The molecule has 2 aromatic rings. The number of aryl methyl sites for hydroxylation is 1. The SMILES string of the molecule is C=C(C)C(C)(CC)c1ccc(C=Cc2cc(C=O)cc(C(C)(C)C)c2)c(C)c1. The van der Waals surface area contributed by atoms with E-state index in [9.17, 15) is 4.79 Å². The molecule has 148 valence electrons. The summed E-state index contributed by atoms with van der Waals surface area (Å²) in [6.45, 7) is 19.4. The van der Waals surface area contributed by atoms with E-state index in [1.807, 2.05) is 12.1 Å². The molecule has 0 aliphatic carbocycles. The second kappa shape index (κ2) is 8.31. The van der Waals surface area contributed by atoms with E-state index in [4.69, 9.17) is 0 Å². The van der Waals surface area contributed by atoms with Crippen LogP contribution in [-0.4, -0.2) is 6.29 Å². The third kappa shape index (κ3) is 4.70. The van der Waals surface area contributed by atoms with Crippen molar-refractivity contribution in [1.29, 1.82) is 0 Å². The molecule has 0 aliphatic heterocycles. The Labute approximate surface area is 171 Å². The number of rotatable bonds is 6. The largest absolute Gasteiger partial charge is 0.298 e. The number of carbonyl (C=O) groups is 1. The Kier molecular flexibility index (Phi) is 6.49. The monoisotopic (exact) mass is 374 g/mol. The Morgan fingerprint density at radius 1 is 0.964 bits per heavy atom. The zero-order valence-corrected chi connectivity index (χ0v) is 18.5. The van der Waals surface area contributed by atoms with Gasteiger partial charge in [-0.1, -0.05) is 83.2 Å². The molecule has 2 aromatic carbocycles. The van der Waals surface area contributed by atoms with Crippen LogP contribution < -0.4 is 0 Å². The summed E-state index contributed by atoms with van der Waals surface area (Å²) in [5, 5.41) is 0. The highest BCUT2D eigenvalue weighted by Gasteiger charge is 2.25. The standard InChI is InChI=1S/C27H34O/c1-9-27(8,19(2)3)24-13-12-23(20(4)14-24)11-10-21-15-22(18-28)17-25(16-21)26(5,6)7/h10-18H,2,9H2,1,3-8H3. The lowest BCUT2D eigenvalue weighted by molar-refractivity contribution is 0.112. The Balaban J connectivity index is 2.40. The van der Waals surface area contributed by atoms with Crippen molar-refractivity contribution < 1.29 is 4.79 Å². The third-order valence-electron chi connectivity index (χ3n) is 5.99. The lowest BCUT2D eigenvalue weighted by Crippen LogP contribution is -2.22. The Morgan fingerprint density at radius 3 is 2.11 bits per heavy atom. The first-order valence-electron chi connectivity index (χ1n) is 10.1. The molecule has 1 nitrogen and oxygen atoms in total. The molecular weight excluding hydrogens is 340 g/mol. The van der Waals surface area contributed by atoms with Gasteiger partial charge in [-0.05, 0) is 65.6 Å². The van der Waals surface area contributed by atoms with Crippen LogP contribution >= 0.6 is 0 Å². The number of hydrogen-bond donors (Lipinski definition) is 0.